The monoisotopic (exact) mass is 330 g/mol. The maximum atomic E-state index is 12.3. The lowest BCUT2D eigenvalue weighted by Crippen LogP contribution is -2.61. The average molecular weight is 330 g/mol. The number of carbonyl (C=O) groups is 1. The molecule has 0 atom stereocenters. The van der Waals surface area contributed by atoms with E-state index in [0.29, 0.717) is 0 Å². The lowest BCUT2D eigenvalue weighted by molar-refractivity contribution is 0.0157. The van der Waals surface area contributed by atoms with Crippen LogP contribution in [0.2, 0.25) is 0 Å². The van der Waals surface area contributed by atoms with Gasteiger partial charge in [-0.2, -0.15) is 0 Å². The Morgan fingerprint density at radius 1 is 1.04 bits per heavy atom. The van der Waals surface area contributed by atoms with Gasteiger partial charge < -0.3 is 15.5 Å². The van der Waals surface area contributed by atoms with Gasteiger partial charge in [-0.25, -0.2) is 4.79 Å². The highest BCUT2D eigenvalue weighted by Crippen LogP contribution is 2.34. The van der Waals surface area contributed by atoms with Crippen LogP contribution in [0.25, 0.3) is 0 Å². The van der Waals surface area contributed by atoms with Crippen LogP contribution in [-0.4, -0.2) is 61.1 Å². The van der Waals surface area contributed by atoms with E-state index in [2.05, 4.69) is 27.5 Å². The third-order valence-corrected chi connectivity index (χ3v) is 5.57. The van der Waals surface area contributed by atoms with Gasteiger partial charge in [-0.3, -0.25) is 4.90 Å². The molecule has 2 N–H and O–H groups in total. The van der Waals surface area contributed by atoms with Crippen LogP contribution in [0.4, 0.5) is 10.5 Å². The van der Waals surface area contributed by atoms with Crippen LogP contribution in [0.15, 0.2) is 30.3 Å². The number of benzene rings is 1. The highest BCUT2D eigenvalue weighted by molar-refractivity contribution is 5.89. The third kappa shape index (κ3) is 4.28. The summed E-state index contributed by atoms with van der Waals surface area (Å²) in [7, 11) is 2.19. The molecule has 1 aliphatic heterocycles. The topological polar surface area (TPSA) is 47.6 Å². The largest absolute Gasteiger partial charge is 0.336 e. The van der Waals surface area contributed by atoms with Crippen LogP contribution in [-0.2, 0) is 0 Å². The van der Waals surface area contributed by atoms with E-state index >= 15 is 0 Å². The smallest absolute Gasteiger partial charge is 0.319 e. The first kappa shape index (κ1) is 17.2. The van der Waals surface area contributed by atoms with Gasteiger partial charge in [-0.05, 0) is 32.0 Å². The van der Waals surface area contributed by atoms with Crippen molar-refractivity contribution in [3.63, 3.8) is 0 Å². The zero-order valence-corrected chi connectivity index (χ0v) is 14.8. The lowest BCUT2D eigenvalue weighted by atomic mass is 9.79. The highest BCUT2D eigenvalue weighted by atomic mass is 16.2. The Kier molecular flexibility index (Phi) is 5.74. The molecule has 2 fully saturated rings. The van der Waals surface area contributed by atoms with Gasteiger partial charge in [0, 0.05) is 44.0 Å². The molecule has 1 aromatic rings. The third-order valence-electron chi connectivity index (χ3n) is 5.57. The van der Waals surface area contributed by atoms with Gasteiger partial charge in [-0.15, -0.1) is 0 Å². The number of nitrogens with one attached hydrogen (secondary N) is 2. The minimum absolute atomic E-state index is 0.0970. The summed E-state index contributed by atoms with van der Waals surface area (Å²) < 4.78 is 0. The molecule has 1 aromatic carbocycles. The van der Waals surface area contributed by atoms with E-state index in [0.717, 1.165) is 38.4 Å². The van der Waals surface area contributed by atoms with Crippen molar-refractivity contribution >= 4 is 11.7 Å². The lowest BCUT2D eigenvalue weighted by Gasteiger charge is -2.49. The molecule has 0 unspecified atom stereocenters. The van der Waals surface area contributed by atoms with Gasteiger partial charge in [-0.1, -0.05) is 37.5 Å². The zero-order valence-electron chi connectivity index (χ0n) is 14.8. The Morgan fingerprint density at radius 2 is 1.71 bits per heavy atom. The van der Waals surface area contributed by atoms with Gasteiger partial charge in [0.15, 0.2) is 0 Å². The van der Waals surface area contributed by atoms with Gasteiger partial charge in [0.05, 0.1) is 0 Å². The molecule has 0 radical (unpaired) electrons. The second-order valence-corrected chi connectivity index (χ2v) is 7.25. The molecule has 2 amide bonds. The summed E-state index contributed by atoms with van der Waals surface area (Å²) in [5.74, 6) is 0. The van der Waals surface area contributed by atoms with Crippen molar-refractivity contribution in [2.45, 2.75) is 37.6 Å². The molecule has 132 valence electrons. The molecular weight excluding hydrogens is 300 g/mol. The summed E-state index contributed by atoms with van der Waals surface area (Å²) in [5.41, 5.74) is 0.986. The van der Waals surface area contributed by atoms with Crippen molar-refractivity contribution in [1.82, 2.24) is 15.1 Å². The molecule has 0 spiro atoms. The summed E-state index contributed by atoms with van der Waals surface area (Å²) in [6.45, 7) is 5.21. The van der Waals surface area contributed by atoms with Crippen LogP contribution in [0.5, 0.6) is 0 Å². The Hall–Kier alpha value is -1.59. The summed E-state index contributed by atoms with van der Waals surface area (Å²) in [6, 6.07) is 9.55. The Labute approximate surface area is 145 Å². The Morgan fingerprint density at radius 3 is 2.38 bits per heavy atom. The maximum Gasteiger partial charge on any atom is 0.319 e. The number of piperazine rings is 1. The fourth-order valence-corrected chi connectivity index (χ4v) is 4.04. The number of urea groups is 1. The zero-order chi connectivity index (χ0) is 16.8. The Balaban J connectivity index is 1.59. The second kappa shape index (κ2) is 7.99. The van der Waals surface area contributed by atoms with E-state index in [1.54, 1.807) is 0 Å². The molecule has 1 saturated carbocycles. The predicted octanol–water partition coefficient (Wildman–Crippen LogP) is 2.76. The number of amides is 2. The number of hydrogen-bond acceptors (Lipinski definition) is 3. The molecule has 2 aliphatic rings. The fourth-order valence-electron chi connectivity index (χ4n) is 4.04. The first-order chi connectivity index (χ1) is 11.7. The first-order valence-corrected chi connectivity index (χ1v) is 9.21. The molecular formula is C19H30N4O. The van der Waals surface area contributed by atoms with Crippen molar-refractivity contribution < 1.29 is 4.79 Å². The number of anilines is 1. The molecule has 1 saturated heterocycles. The highest BCUT2D eigenvalue weighted by Gasteiger charge is 2.39. The minimum Gasteiger partial charge on any atom is -0.336 e. The molecule has 0 bridgehead atoms. The van der Waals surface area contributed by atoms with Crippen molar-refractivity contribution in [2.75, 3.05) is 45.1 Å². The van der Waals surface area contributed by atoms with Crippen molar-refractivity contribution in [3.8, 4) is 0 Å². The number of nitrogens with zero attached hydrogens (tertiary/aromatic N) is 2. The molecule has 24 heavy (non-hydrogen) atoms. The number of para-hydroxylation sites is 1. The van der Waals surface area contributed by atoms with Gasteiger partial charge in [0.1, 0.15) is 0 Å². The van der Waals surface area contributed by atoms with Crippen LogP contribution >= 0.6 is 0 Å². The van der Waals surface area contributed by atoms with Crippen LogP contribution in [0, 0.1) is 0 Å². The van der Waals surface area contributed by atoms with Crippen molar-refractivity contribution in [3.05, 3.63) is 30.3 Å². The molecule has 0 aromatic heterocycles. The van der Waals surface area contributed by atoms with Crippen molar-refractivity contribution in [2.24, 2.45) is 0 Å². The van der Waals surface area contributed by atoms with Crippen LogP contribution < -0.4 is 10.6 Å². The SMILES string of the molecule is CN1CCN(C2(CNC(=O)Nc3ccccc3)CCCCC2)CC1. The summed E-state index contributed by atoms with van der Waals surface area (Å²) in [4.78, 5) is 17.3. The summed E-state index contributed by atoms with van der Waals surface area (Å²) in [6.07, 6.45) is 6.26. The summed E-state index contributed by atoms with van der Waals surface area (Å²) >= 11 is 0. The van der Waals surface area contributed by atoms with E-state index in [4.69, 9.17) is 0 Å². The molecule has 1 heterocycles. The number of carbonyl (C=O) groups excluding carboxylic acids is 1. The standard InChI is InChI=1S/C19H30N4O/c1-22-12-14-23(15-13-22)19(10-6-3-7-11-19)16-20-18(24)21-17-8-4-2-5-9-17/h2,4-5,8-9H,3,6-7,10-16H2,1H3,(H2,20,21,24). The molecule has 1 aliphatic carbocycles. The normalized spacial score (nSPS) is 22.0. The van der Waals surface area contributed by atoms with E-state index in [-0.39, 0.29) is 11.6 Å². The van der Waals surface area contributed by atoms with E-state index in [1.165, 1.54) is 32.1 Å². The van der Waals surface area contributed by atoms with Crippen LogP contribution in [0.3, 0.4) is 0 Å². The quantitative estimate of drug-likeness (QED) is 0.892. The molecule has 3 rings (SSSR count). The number of hydrogen-bond donors (Lipinski definition) is 2. The second-order valence-electron chi connectivity index (χ2n) is 7.25. The Bertz CT molecular complexity index is 519. The van der Waals surface area contributed by atoms with Crippen molar-refractivity contribution in [1.29, 1.82) is 0 Å². The minimum atomic E-state index is -0.0970. The van der Waals surface area contributed by atoms with Crippen LogP contribution in [0.1, 0.15) is 32.1 Å². The number of rotatable bonds is 4. The molecule has 5 nitrogen and oxygen atoms in total. The van der Waals surface area contributed by atoms with E-state index in [1.807, 2.05) is 30.3 Å². The van der Waals surface area contributed by atoms with Gasteiger partial charge >= 0.3 is 6.03 Å². The molecule has 5 heteroatoms. The predicted molar refractivity (Wildman–Crippen MR) is 98.3 cm³/mol. The van der Waals surface area contributed by atoms with E-state index < -0.39 is 0 Å². The first-order valence-electron chi connectivity index (χ1n) is 9.21. The number of likely N-dealkylation sites (N-methyl/N-ethyl adjacent to an activating group) is 1. The summed E-state index contributed by atoms with van der Waals surface area (Å²) in [5, 5.41) is 6.08. The van der Waals surface area contributed by atoms with E-state index in [9.17, 15) is 4.79 Å². The van der Waals surface area contributed by atoms with Gasteiger partial charge in [0.25, 0.3) is 0 Å². The maximum absolute atomic E-state index is 12.3. The fraction of sp³-hybridized carbons (Fsp3) is 0.632. The van der Waals surface area contributed by atoms with Gasteiger partial charge in [0.2, 0.25) is 0 Å². The average Bonchev–Trinajstić information content (AvgIpc) is 2.62.